The van der Waals surface area contributed by atoms with Crippen molar-refractivity contribution in [2.75, 3.05) is 6.61 Å². The molecule has 0 aliphatic heterocycles. The summed E-state index contributed by atoms with van der Waals surface area (Å²) in [7, 11) is -2.06. The van der Waals surface area contributed by atoms with Gasteiger partial charge in [0.15, 0.2) is 0 Å². The molecule has 0 heterocycles. The van der Waals surface area contributed by atoms with Crippen LogP contribution in [0.4, 0.5) is 9.59 Å². The molecule has 0 rings (SSSR count). The van der Waals surface area contributed by atoms with Crippen LogP contribution in [0.2, 0.25) is 18.1 Å². The van der Waals surface area contributed by atoms with Crippen molar-refractivity contribution < 1.29 is 18.8 Å². The Morgan fingerprint density at radius 2 is 1.30 bits per heavy atom. The fourth-order valence-electron chi connectivity index (χ4n) is 2.32. The lowest BCUT2D eigenvalue weighted by Gasteiger charge is -2.25. The second-order valence-electron chi connectivity index (χ2n) is 5.69. The minimum Gasteiger partial charge on any atom is -0.501 e. The number of carbonyl (C=O) groups excluding carboxylic acids is 2. The summed E-state index contributed by atoms with van der Waals surface area (Å²) in [6.45, 7) is 8.53. The average Bonchev–Trinajstić information content (AvgIpc) is 2.57. The normalized spacial score (nSPS) is 11.7. The third-order valence-electron chi connectivity index (χ3n) is 4.17. The van der Waals surface area contributed by atoms with Crippen molar-refractivity contribution in [1.82, 2.24) is 0 Å². The Hall–Kier alpha value is -1.24. The number of carbonyl (C=O) groups is 2. The predicted molar refractivity (Wildman–Crippen MR) is 93.3 cm³/mol. The highest BCUT2D eigenvalue weighted by atomic mass is 28.4. The second kappa shape index (κ2) is 13.2. The third kappa shape index (κ3) is 10.2. The lowest BCUT2D eigenvalue weighted by Crippen LogP contribution is -2.37. The van der Waals surface area contributed by atoms with E-state index in [1.54, 1.807) is 0 Å². The summed E-state index contributed by atoms with van der Waals surface area (Å²) in [5, 5.41) is 6.59. The van der Waals surface area contributed by atoms with Gasteiger partial charge in [0.1, 0.15) is 0 Å². The molecule has 0 saturated heterocycles. The van der Waals surface area contributed by atoms with E-state index in [0.29, 0.717) is 6.61 Å². The van der Waals surface area contributed by atoms with Gasteiger partial charge in [-0.15, -0.1) is 0 Å². The van der Waals surface area contributed by atoms with Gasteiger partial charge in [-0.25, -0.2) is 9.59 Å². The molecular weight excluding hydrogens is 312 g/mol. The lowest BCUT2D eigenvalue weighted by atomic mass is 10.1. The van der Waals surface area contributed by atoms with E-state index in [4.69, 9.17) is 9.16 Å². The molecule has 0 aliphatic rings. The van der Waals surface area contributed by atoms with Crippen LogP contribution in [-0.4, -0.2) is 27.1 Å². The number of hydrogen-bond donors (Lipinski definition) is 0. The maximum Gasteiger partial charge on any atom is 0.452 e. The largest absolute Gasteiger partial charge is 0.501 e. The molecule has 7 heteroatoms. The van der Waals surface area contributed by atoms with Gasteiger partial charge in [-0.05, 0) is 24.6 Å². The monoisotopic (exact) mass is 344 g/mol. The fourth-order valence-corrected chi connectivity index (χ4v) is 4.67. The molecule has 0 aliphatic carbocycles. The summed E-state index contributed by atoms with van der Waals surface area (Å²) in [6.07, 6.45) is 5.06. The maximum absolute atomic E-state index is 11.7. The van der Waals surface area contributed by atoms with Crippen molar-refractivity contribution in [3.05, 3.63) is 0 Å². The highest BCUT2D eigenvalue weighted by Gasteiger charge is 2.32. The molecular formula is C16H32N2O4Si. The zero-order chi connectivity index (χ0) is 17.6. The summed E-state index contributed by atoms with van der Waals surface area (Å²) < 4.78 is 10.4. The van der Waals surface area contributed by atoms with Crippen molar-refractivity contribution in [2.24, 2.45) is 10.2 Å². The highest BCUT2D eigenvalue weighted by Crippen LogP contribution is 2.22. The van der Waals surface area contributed by atoms with Crippen LogP contribution in [0.25, 0.3) is 0 Å². The summed E-state index contributed by atoms with van der Waals surface area (Å²) >= 11 is 0. The van der Waals surface area contributed by atoms with Gasteiger partial charge in [-0.3, -0.25) is 0 Å². The summed E-state index contributed by atoms with van der Waals surface area (Å²) in [6, 6.07) is 2.51. The molecule has 2 amide bonds. The molecule has 0 aromatic carbocycles. The van der Waals surface area contributed by atoms with Crippen LogP contribution in [0.15, 0.2) is 10.2 Å². The first-order valence-corrected chi connectivity index (χ1v) is 11.4. The van der Waals surface area contributed by atoms with E-state index in [1.807, 2.05) is 20.8 Å². The van der Waals surface area contributed by atoms with Gasteiger partial charge in [0, 0.05) is 0 Å². The molecule has 6 nitrogen and oxygen atoms in total. The van der Waals surface area contributed by atoms with Crippen molar-refractivity contribution >= 4 is 20.5 Å². The molecule has 0 aromatic heterocycles. The Morgan fingerprint density at radius 1 is 0.783 bits per heavy atom. The van der Waals surface area contributed by atoms with Crippen LogP contribution in [0.5, 0.6) is 0 Å². The molecule has 0 spiro atoms. The smallest absolute Gasteiger partial charge is 0.452 e. The van der Waals surface area contributed by atoms with Crippen molar-refractivity contribution in [3.63, 3.8) is 0 Å². The van der Waals surface area contributed by atoms with E-state index in [1.165, 1.54) is 19.3 Å². The number of hydrogen-bond acceptors (Lipinski definition) is 4. The summed E-state index contributed by atoms with van der Waals surface area (Å²) in [5.74, 6) is 0. The Bertz CT molecular complexity index is 363. The molecule has 23 heavy (non-hydrogen) atoms. The second-order valence-corrected chi connectivity index (χ2v) is 10.4. The number of azo groups is 1. The van der Waals surface area contributed by atoms with Crippen LogP contribution in [0.3, 0.4) is 0 Å². The van der Waals surface area contributed by atoms with Crippen molar-refractivity contribution in [1.29, 1.82) is 0 Å². The first-order chi connectivity index (χ1) is 11.0. The zero-order valence-electron chi connectivity index (χ0n) is 15.1. The van der Waals surface area contributed by atoms with E-state index >= 15 is 0 Å². The first kappa shape index (κ1) is 21.8. The first-order valence-electron chi connectivity index (χ1n) is 8.85. The van der Waals surface area contributed by atoms with Crippen LogP contribution >= 0.6 is 0 Å². The standard InChI is InChI=1S/C16H32N2O4Si/c1-5-9-10-11-12-13-14-21-15(19)17-18-16(20)22-23(6-2,7-3)8-4/h5-14H2,1-4H3/b18-17+. The maximum atomic E-state index is 11.7. The molecule has 0 bridgehead atoms. The zero-order valence-corrected chi connectivity index (χ0v) is 16.1. The minimum atomic E-state index is -2.06. The van der Waals surface area contributed by atoms with Gasteiger partial charge in [0.2, 0.25) is 0 Å². The SMILES string of the molecule is CCCCCCCCOC(=O)/N=N/C(=O)O[Si](CC)(CC)CC. The van der Waals surface area contributed by atoms with Gasteiger partial charge < -0.3 is 9.16 Å². The van der Waals surface area contributed by atoms with Crippen LogP contribution < -0.4 is 0 Å². The number of ether oxygens (including phenoxy) is 1. The van der Waals surface area contributed by atoms with Crippen molar-refractivity contribution in [3.8, 4) is 0 Å². The molecule has 134 valence electrons. The molecule has 0 radical (unpaired) electrons. The average molecular weight is 345 g/mol. The van der Waals surface area contributed by atoms with Gasteiger partial charge in [-0.1, -0.05) is 70.0 Å². The predicted octanol–water partition coefficient (Wildman–Crippen LogP) is 6.08. The van der Waals surface area contributed by atoms with E-state index in [0.717, 1.165) is 37.4 Å². The quantitative estimate of drug-likeness (QED) is 0.258. The number of nitrogens with zero attached hydrogens (tertiary/aromatic N) is 2. The Kier molecular flexibility index (Phi) is 12.5. The van der Waals surface area contributed by atoms with E-state index < -0.39 is 20.5 Å². The third-order valence-corrected chi connectivity index (χ3v) is 8.65. The highest BCUT2D eigenvalue weighted by molar-refractivity contribution is 6.74. The Labute approximate surface area is 141 Å². The Morgan fingerprint density at radius 3 is 1.87 bits per heavy atom. The number of amides is 2. The van der Waals surface area contributed by atoms with Gasteiger partial charge >= 0.3 is 12.2 Å². The molecule has 0 unspecified atom stereocenters. The lowest BCUT2D eigenvalue weighted by molar-refractivity contribution is 0.151. The van der Waals surface area contributed by atoms with E-state index in [9.17, 15) is 9.59 Å². The van der Waals surface area contributed by atoms with Gasteiger partial charge in [0.25, 0.3) is 8.32 Å². The van der Waals surface area contributed by atoms with Gasteiger partial charge in [-0.2, -0.15) is 0 Å². The van der Waals surface area contributed by atoms with E-state index in [-0.39, 0.29) is 0 Å². The number of rotatable bonds is 11. The van der Waals surface area contributed by atoms with Crippen LogP contribution in [0.1, 0.15) is 66.2 Å². The Balaban J connectivity index is 3.96. The van der Waals surface area contributed by atoms with Crippen LogP contribution in [-0.2, 0) is 9.16 Å². The molecule has 0 fully saturated rings. The molecule has 0 aromatic rings. The van der Waals surface area contributed by atoms with E-state index in [2.05, 4.69) is 17.2 Å². The fraction of sp³-hybridized carbons (Fsp3) is 0.875. The van der Waals surface area contributed by atoms with Gasteiger partial charge in [0.05, 0.1) is 6.61 Å². The summed E-state index contributed by atoms with van der Waals surface area (Å²) in [5.41, 5.74) is 0. The van der Waals surface area contributed by atoms with Crippen molar-refractivity contribution in [2.45, 2.75) is 84.4 Å². The number of unbranched alkanes of at least 4 members (excludes halogenated alkanes) is 5. The summed E-state index contributed by atoms with van der Waals surface area (Å²) in [4.78, 5) is 23.0. The molecule has 0 saturated carbocycles. The minimum absolute atomic E-state index is 0.316. The topological polar surface area (TPSA) is 77.3 Å². The van der Waals surface area contributed by atoms with Crippen LogP contribution in [0, 0.1) is 0 Å². The molecule has 0 N–H and O–H groups in total. The molecule has 0 atom stereocenters.